The minimum absolute atomic E-state index is 0.0989. The van der Waals surface area contributed by atoms with Gasteiger partial charge in [0.2, 0.25) is 5.95 Å². The molecule has 2 aromatic rings. The average Bonchev–Trinajstić information content (AvgIpc) is 2.44. The minimum atomic E-state index is -0.303. The molecule has 110 valence electrons. The summed E-state index contributed by atoms with van der Waals surface area (Å²) in [5.41, 5.74) is 8.13. The molecule has 0 fully saturated rings. The van der Waals surface area contributed by atoms with E-state index in [9.17, 15) is 4.79 Å². The Balaban J connectivity index is 1.89. The van der Waals surface area contributed by atoms with Gasteiger partial charge in [-0.25, -0.2) is 9.97 Å². The largest absolute Gasteiger partial charge is 0.484 e. The molecule has 0 aliphatic rings. The average molecular weight is 286 g/mol. The molecule has 0 radical (unpaired) electrons. The molecule has 0 saturated carbocycles. The van der Waals surface area contributed by atoms with E-state index < -0.39 is 0 Å². The van der Waals surface area contributed by atoms with Gasteiger partial charge < -0.3 is 10.5 Å². The van der Waals surface area contributed by atoms with Crippen molar-refractivity contribution >= 4 is 11.9 Å². The van der Waals surface area contributed by atoms with E-state index in [4.69, 9.17) is 10.5 Å². The van der Waals surface area contributed by atoms with E-state index in [0.717, 1.165) is 17.0 Å². The van der Waals surface area contributed by atoms with Gasteiger partial charge in [0, 0.05) is 17.9 Å². The second kappa shape index (κ2) is 6.81. The maximum absolute atomic E-state index is 11.8. The first-order chi connectivity index (χ1) is 10.1. The Morgan fingerprint density at radius 1 is 1.19 bits per heavy atom. The SMILES string of the molecule is Cc1cc(C)nc(NC(=O)COc2ccc(CN)cc2)n1. The summed E-state index contributed by atoms with van der Waals surface area (Å²) >= 11 is 0. The zero-order valence-corrected chi connectivity index (χ0v) is 12.1. The summed E-state index contributed by atoms with van der Waals surface area (Å²) < 4.78 is 5.39. The molecular weight excluding hydrogens is 268 g/mol. The van der Waals surface area contributed by atoms with Crippen molar-refractivity contribution in [2.24, 2.45) is 5.73 Å². The predicted molar refractivity (Wildman–Crippen MR) is 80.0 cm³/mol. The van der Waals surface area contributed by atoms with Gasteiger partial charge in [-0.2, -0.15) is 0 Å². The monoisotopic (exact) mass is 286 g/mol. The summed E-state index contributed by atoms with van der Waals surface area (Å²) in [7, 11) is 0. The van der Waals surface area contributed by atoms with Crippen LogP contribution in [0.25, 0.3) is 0 Å². The number of nitrogens with zero attached hydrogens (tertiary/aromatic N) is 2. The fraction of sp³-hybridized carbons (Fsp3) is 0.267. The van der Waals surface area contributed by atoms with Gasteiger partial charge in [0.05, 0.1) is 0 Å². The van der Waals surface area contributed by atoms with E-state index >= 15 is 0 Å². The van der Waals surface area contributed by atoms with Crippen LogP contribution in [0.15, 0.2) is 30.3 Å². The number of anilines is 1. The Hall–Kier alpha value is -2.47. The van der Waals surface area contributed by atoms with Crippen molar-refractivity contribution in [3.63, 3.8) is 0 Å². The number of nitrogens with one attached hydrogen (secondary N) is 1. The second-order valence-electron chi connectivity index (χ2n) is 4.66. The molecule has 0 saturated heterocycles. The highest BCUT2D eigenvalue weighted by Crippen LogP contribution is 2.11. The molecule has 1 aromatic heterocycles. The van der Waals surface area contributed by atoms with Crippen LogP contribution in [0.3, 0.4) is 0 Å². The third-order valence-corrected chi connectivity index (χ3v) is 2.76. The maximum Gasteiger partial charge on any atom is 0.264 e. The number of hydrogen-bond acceptors (Lipinski definition) is 5. The van der Waals surface area contributed by atoms with Gasteiger partial charge in [0.1, 0.15) is 5.75 Å². The molecule has 0 bridgehead atoms. The van der Waals surface area contributed by atoms with Gasteiger partial charge in [-0.3, -0.25) is 10.1 Å². The van der Waals surface area contributed by atoms with Crippen LogP contribution in [-0.2, 0) is 11.3 Å². The lowest BCUT2D eigenvalue weighted by molar-refractivity contribution is -0.118. The van der Waals surface area contributed by atoms with E-state index in [1.807, 2.05) is 32.0 Å². The van der Waals surface area contributed by atoms with Crippen LogP contribution < -0.4 is 15.8 Å². The number of hydrogen-bond donors (Lipinski definition) is 2. The molecule has 21 heavy (non-hydrogen) atoms. The van der Waals surface area contributed by atoms with Crippen molar-refractivity contribution in [2.45, 2.75) is 20.4 Å². The first-order valence-corrected chi connectivity index (χ1v) is 6.61. The third-order valence-electron chi connectivity index (χ3n) is 2.76. The van der Waals surface area contributed by atoms with E-state index in [0.29, 0.717) is 18.2 Å². The van der Waals surface area contributed by atoms with E-state index in [-0.39, 0.29) is 12.5 Å². The number of ether oxygens (including phenoxy) is 1. The molecule has 3 N–H and O–H groups in total. The third kappa shape index (κ3) is 4.54. The molecule has 2 rings (SSSR count). The van der Waals surface area contributed by atoms with Gasteiger partial charge in [-0.05, 0) is 37.6 Å². The molecule has 1 amide bonds. The Morgan fingerprint density at radius 3 is 2.38 bits per heavy atom. The van der Waals surface area contributed by atoms with E-state index in [1.165, 1.54) is 0 Å². The summed E-state index contributed by atoms with van der Waals surface area (Å²) in [5, 5.41) is 2.61. The zero-order chi connectivity index (χ0) is 15.2. The lowest BCUT2D eigenvalue weighted by atomic mass is 10.2. The highest BCUT2D eigenvalue weighted by Gasteiger charge is 2.06. The Labute approximate surface area is 123 Å². The Bertz CT molecular complexity index is 606. The smallest absolute Gasteiger partial charge is 0.264 e. The van der Waals surface area contributed by atoms with Gasteiger partial charge in [0.15, 0.2) is 6.61 Å². The number of carbonyl (C=O) groups excluding carboxylic acids is 1. The van der Waals surface area contributed by atoms with E-state index in [1.54, 1.807) is 12.1 Å². The van der Waals surface area contributed by atoms with E-state index in [2.05, 4.69) is 15.3 Å². The van der Waals surface area contributed by atoms with Crippen molar-refractivity contribution < 1.29 is 9.53 Å². The van der Waals surface area contributed by atoms with Gasteiger partial charge in [0.25, 0.3) is 5.91 Å². The van der Waals surface area contributed by atoms with Crippen LogP contribution in [0, 0.1) is 13.8 Å². The number of carbonyl (C=O) groups is 1. The second-order valence-corrected chi connectivity index (χ2v) is 4.66. The van der Waals surface area contributed by atoms with Gasteiger partial charge in [-0.1, -0.05) is 12.1 Å². The van der Waals surface area contributed by atoms with Crippen molar-refractivity contribution in [2.75, 3.05) is 11.9 Å². The molecule has 0 aliphatic heterocycles. The zero-order valence-electron chi connectivity index (χ0n) is 12.1. The van der Waals surface area contributed by atoms with Crippen molar-refractivity contribution in [3.05, 3.63) is 47.3 Å². The fourth-order valence-electron chi connectivity index (χ4n) is 1.81. The lowest BCUT2D eigenvalue weighted by Gasteiger charge is -2.08. The summed E-state index contributed by atoms with van der Waals surface area (Å²) in [6, 6.07) is 9.12. The molecule has 6 heteroatoms. The highest BCUT2D eigenvalue weighted by atomic mass is 16.5. The number of rotatable bonds is 5. The molecule has 0 atom stereocenters. The lowest BCUT2D eigenvalue weighted by Crippen LogP contribution is -2.21. The normalized spacial score (nSPS) is 10.2. The topological polar surface area (TPSA) is 90.1 Å². The van der Waals surface area contributed by atoms with Crippen LogP contribution in [0.5, 0.6) is 5.75 Å². The summed E-state index contributed by atoms with van der Waals surface area (Å²) in [6.45, 7) is 4.07. The molecule has 1 heterocycles. The van der Waals surface area contributed by atoms with Gasteiger partial charge >= 0.3 is 0 Å². The van der Waals surface area contributed by atoms with Crippen LogP contribution >= 0.6 is 0 Å². The number of nitrogens with two attached hydrogens (primary N) is 1. The van der Waals surface area contributed by atoms with Crippen LogP contribution in [-0.4, -0.2) is 22.5 Å². The van der Waals surface area contributed by atoms with Crippen LogP contribution in [0.2, 0.25) is 0 Å². The standard InChI is InChI=1S/C15H18N4O2/c1-10-7-11(2)18-15(17-10)19-14(20)9-21-13-5-3-12(8-16)4-6-13/h3-7H,8-9,16H2,1-2H3,(H,17,18,19,20). The van der Waals surface area contributed by atoms with Crippen LogP contribution in [0.4, 0.5) is 5.95 Å². The summed E-state index contributed by atoms with van der Waals surface area (Å²) in [6.07, 6.45) is 0. The first-order valence-electron chi connectivity index (χ1n) is 6.61. The highest BCUT2D eigenvalue weighted by molar-refractivity contribution is 5.90. The molecule has 0 aliphatic carbocycles. The van der Waals surface area contributed by atoms with Crippen molar-refractivity contribution in [3.8, 4) is 5.75 Å². The predicted octanol–water partition coefficient (Wildman–Crippen LogP) is 1.57. The number of benzene rings is 1. The maximum atomic E-state index is 11.8. The Morgan fingerprint density at radius 2 is 1.81 bits per heavy atom. The minimum Gasteiger partial charge on any atom is -0.484 e. The number of aromatic nitrogens is 2. The summed E-state index contributed by atoms with van der Waals surface area (Å²) in [4.78, 5) is 20.1. The summed E-state index contributed by atoms with van der Waals surface area (Å²) in [5.74, 6) is 0.603. The van der Waals surface area contributed by atoms with Crippen molar-refractivity contribution in [1.29, 1.82) is 0 Å². The first kappa shape index (κ1) is 14.9. The quantitative estimate of drug-likeness (QED) is 0.870. The molecule has 1 aromatic carbocycles. The molecular formula is C15H18N4O2. The van der Waals surface area contributed by atoms with Crippen molar-refractivity contribution in [1.82, 2.24) is 9.97 Å². The number of aryl methyl sites for hydroxylation is 2. The molecule has 0 spiro atoms. The molecule has 0 unspecified atom stereocenters. The fourth-order valence-corrected chi connectivity index (χ4v) is 1.81. The van der Waals surface area contributed by atoms with Gasteiger partial charge in [-0.15, -0.1) is 0 Å². The van der Waals surface area contributed by atoms with Crippen LogP contribution in [0.1, 0.15) is 17.0 Å². The Kier molecular flexibility index (Phi) is 4.84. The number of amides is 1. The molecule has 6 nitrogen and oxygen atoms in total.